The lowest BCUT2D eigenvalue weighted by atomic mass is 9.85. The van der Waals surface area contributed by atoms with Crippen molar-refractivity contribution in [2.45, 2.75) is 24.2 Å². The van der Waals surface area contributed by atoms with Crippen LogP contribution in [0.15, 0.2) is 127 Å². The second kappa shape index (κ2) is 10.8. The average molecular weight is 506 g/mol. The Hall–Kier alpha value is -4.29. The largest absolute Gasteiger partial charge is 0.280 e. The van der Waals surface area contributed by atoms with Crippen LogP contribution >= 0.6 is 0 Å². The van der Waals surface area contributed by atoms with E-state index in [1.807, 2.05) is 61.8 Å². The molecule has 0 radical (unpaired) electrons. The summed E-state index contributed by atoms with van der Waals surface area (Å²) in [7, 11) is -3.69. The van der Waals surface area contributed by atoms with E-state index in [0.29, 0.717) is 5.69 Å². The van der Waals surface area contributed by atoms with Gasteiger partial charge in [0, 0.05) is 36.4 Å². The zero-order chi connectivity index (χ0) is 25.7. The number of sulfonamides is 1. The van der Waals surface area contributed by atoms with Crippen molar-refractivity contribution in [2.75, 3.05) is 4.72 Å². The molecule has 0 saturated heterocycles. The molecular weight excluding hydrogens is 478 g/mol. The van der Waals surface area contributed by atoms with Crippen molar-refractivity contribution in [3.05, 3.63) is 144 Å². The van der Waals surface area contributed by atoms with Crippen molar-refractivity contribution in [3.63, 3.8) is 0 Å². The molecule has 0 aliphatic rings. The summed E-state index contributed by atoms with van der Waals surface area (Å²) >= 11 is 0. The molecule has 0 unspecified atom stereocenters. The van der Waals surface area contributed by atoms with Gasteiger partial charge >= 0.3 is 0 Å². The Morgan fingerprint density at radius 1 is 0.757 bits per heavy atom. The summed E-state index contributed by atoms with van der Waals surface area (Å²) in [5.74, 6) is 0.0757. The minimum Gasteiger partial charge on any atom is -0.280 e. The van der Waals surface area contributed by atoms with Crippen LogP contribution in [0.4, 0.5) is 5.69 Å². The van der Waals surface area contributed by atoms with Gasteiger partial charge in [-0.25, -0.2) is 8.42 Å². The molecule has 0 aliphatic heterocycles. The summed E-state index contributed by atoms with van der Waals surface area (Å²) < 4.78 is 28.7. The summed E-state index contributed by atoms with van der Waals surface area (Å²) in [5.41, 5.74) is 6.90. The third-order valence-electron chi connectivity index (χ3n) is 6.37. The number of nitrogens with one attached hydrogen (secondary N) is 1. The van der Waals surface area contributed by atoms with Gasteiger partial charge in [0.2, 0.25) is 0 Å². The number of aromatic nitrogens is 2. The number of benzene rings is 3. The molecule has 5 rings (SSSR count). The van der Waals surface area contributed by atoms with Gasteiger partial charge < -0.3 is 0 Å². The van der Waals surface area contributed by atoms with Crippen molar-refractivity contribution in [3.8, 4) is 11.1 Å². The quantitative estimate of drug-likeness (QED) is 0.257. The van der Waals surface area contributed by atoms with Gasteiger partial charge in [0.25, 0.3) is 10.0 Å². The Morgan fingerprint density at radius 3 is 2.08 bits per heavy atom. The normalized spacial score (nSPS) is 11.4. The molecular formula is C31H27N3O2S. The van der Waals surface area contributed by atoms with Crippen LogP contribution in [0, 0.1) is 6.92 Å². The standard InChI is InChI=1S/C31H27N3O2S/c1-23-13-15-29(16-14-23)37(35,36)34-28-11-4-8-24(19-28)30-12-3-2-7-25(30)20-31(26-9-5-17-32-21-26)27-10-6-18-33-22-27/h2-19,21-22,31,34H,20H2,1H3. The van der Waals surface area contributed by atoms with E-state index in [-0.39, 0.29) is 10.8 Å². The third-order valence-corrected chi connectivity index (χ3v) is 7.77. The molecule has 0 aliphatic carbocycles. The van der Waals surface area contributed by atoms with E-state index in [0.717, 1.165) is 39.8 Å². The van der Waals surface area contributed by atoms with Gasteiger partial charge in [-0.05, 0) is 77.6 Å². The Kier molecular flexibility index (Phi) is 7.10. The predicted molar refractivity (Wildman–Crippen MR) is 148 cm³/mol. The first-order valence-electron chi connectivity index (χ1n) is 12.1. The second-order valence-corrected chi connectivity index (χ2v) is 10.7. The highest BCUT2D eigenvalue weighted by Gasteiger charge is 2.19. The number of aryl methyl sites for hydroxylation is 1. The van der Waals surface area contributed by atoms with Crippen LogP contribution in [0.3, 0.4) is 0 Å². The number of hydrogen-bond acceptors (Lipinski definition) is 4. The lowest BCUT2D eigenvalue weighted by Gasteiger charge is -2.20. The Bertz CT molecular complexity index is 1550. The van der Waals surface area contributed by atoms with E-state index in [4.69, 9.17) is 0 Å². The molecule has 0 fully saturated rings. The topological polar surface area (TPSA) is 72.0 Å². The zero-order valence-electron chi connectivity index (χ0n) is 20.5. The molecule has 2 aromatic heterocycles. The molecule has 2 heterocycles. The first kappa shape index (κ1) is 24.4. The SMILES string of the molecule is Cc1ccc(S(=O)(=O)Nc2cccc(-c3ccccc3CC(c3cccnc3)c3cccnc3)c2)cc1. The summed E-state index contributed by atoms with van der Waals surface area (Å²) in [6.07, 6.45) is 8.11. The fourth-order valence-corrected chi connectivity index (χ4v) is 5.52. The molecule has 0 saturated carbocycles. The van der Waals surface area contributed by atoms with Gasteiger partial charge in [0.05, 0.1) is 4.90 Å². The van der Waals surface area contributed by atoms with Gasteiger partial charge in [-0.3, -0.25) is 14.7 Å². The number of nitrogens with zero attached hydrogens (tertiary/aromatic N) is 2. The van der Waals surface area contributed by atoms with E-state index in [1.54, 1.807) is 42.7 Å². The van der Waals surface area contributed by atoms with Crippen LogP contribution in [-0.2, 0) is 16.4 Å². The van der Waals surface area contributed by atoms with E-state index in [2.05, 4.69) is 39.0 Å². The van der Waals surface area contributed by atoms with Crippen LogP contribution in [0.25, 0.3) is 11.1 Å². The lowest BCUT2D eigenvalue weighted by molar-refractivity contribution is 0.601. The molecule has 1 N–H and O–H groups in total. The number of anilines is 1. The highest BCUT2D eigenvalue weighted by molar-refractivity contribution is 7.92. The molecule has 0 bridgehead atoms. The zero-order valence-corrected chi connectivity index (χ0v) is 21.3. The fraction of sp³-hybridized carbons (Fsp3) is 0.0968. The van der Waals surface area contributed by atoms with Gasteiger partial charge in [0.15, 0.2) is 0 Å². The smallest absolute Gasteiger partial charge is 0.261 e. The van der Waals surface area contributed by atoms with Crippen molar-refractivity contribution < 1.29 is 8.42 Å². The fourth-order valence-electron chi connectivity index (χ4n) is 4.47. The molecule has 0 atom stereocenters. The van der Waals surface area contributed by atoms with Gasteiger partial charge in [0.1, 0.15) is 0 Å². The van der Waals surface area contributed by atoms with Crippen molar-refractivity contribution in [1.82, 2.24) is 9.97 Å². The molecule has 5 nitrogen and oxygen atoms in total. The summed E-state index contributed by atoms with van der Waals surface area (Å²) in [6, 6.07) is 30.7. The molecule has 37 heavy (non-hydrogen) atoms. The van der Waals surface area contributed by atoms with Gasteiger partial charge in [-0.2, -0.15) is 0 Å². The van der Waals surface area contributed by atoms with Crippen LogP contribution in [0.5, 0.6) is 0 Å². The summed E-state index contributed by atoms with van der Waals surface area (Å²) in [6.45, 7) is 1.93. The van der Waals surface area contributed by atoms with Crippen LogP contribution in [-0.4, -0.2) is 18.4 Å². The van der Waals surface area contributed by atoms with Gasteiger partial charge in [-0.1, -0.05) is 66.2 Å². The minimum absolute atomic E-state index is 0.0757. The molecule has 6 heteroatoms. The molecule has 5 aromatic rings. The van der Waals surface area contributed by atoms with Crippen molar-refractivity contribution >= 4 is 15.7 Å². The maximum absolute atomic E-state index is 13.0. The van der Waals surface area contributed by atoms with Crippen LogP contribution in [0.2, 0.25) is 0 Å². The van der Waals surface area contributed by atoms with E-state index in [1.165, 1.54) is 0 Å². The number of pyridine rings is 2. The molecule has 0 spiro atoms. The summed E-state index contributed by atoms with van der Waals surface area (Å²) in [4.78, 5) is 8.92. The molecule has 3 aromatic carbocycles. The average Bonchev–Trinajstić information content (AvgIpc) is 2.93. The minimum atomic E-state index is -3.69. The monoisotopic (exact) mass is 505 g/mol. The van der Waals surface area contributed by atoms with E-state index < -0.39 is 10.0 Å². The summed E-state index contributed by atoms with van der Waals surface area (Å²) in [5, 5.41) is 0. The first-order chi connectivity index (χ1) is 18.0. The highest BCUT2D eigenvalue weighted by atomic mass is 32.2. The van der Waals surface area contributed by atoms with Crippen LogP contribution < -0.4 is 4.72 Å². The van der Waals surface area contributed by atoms with Crippen LogP contribution in [0.1, 0.15) is 28.2 Å². The van der Waals surface area contributed by atoms with Crippen molar-refractivity contribution in [2.24, 2.45) is 0 Å². The molecule has 0 amide bonds. The lowest BCUT2D eigenvalue weighted by Crippen LogP contribution is -2.13. The van der Waals surface area contributed by atoms with Gasteiger partial charge in [-0.15, -0.1) is 0 Å². The maximum Gasteiger partial charge on any atom is 0.261 e. The third kappa shape index (κ3) is 5.76. The van der Waals surface area contributed by atoms with Crippen molar-refractivity contribution in [1.29, 1.82) is 0 Å². The Morgan fingerprint density at radius 2 is 1.43 bits per heavy atom. The molecule has 184 valence electrons. The highest BCUT2D eigenvalue weighted by Crippen LogP contribution is 2.33. The predicted octanol–water partition coefficient (Wildman–Crippen LogP) is 6.63. The number of hydrogen-bond donors (Lipinski definition) is 1. The Balaban J connectivity index is 1.48. The maximum atomic E-state index is 13.0. The van der Waals surface area contributed by atoms with E-state index in [9.17, 15) is 8.42 Å². The number of rotatable bonds is 8. The van der Waals surface area contributed by atoms with E-state index >= 15 is 0 Å². The Labute approximate surface area is 218 Å². The second-order valence-electron chi connectivity index (χ2n) is 8.99. The first-order valence-corrected chi connectivity index (χ1v) is 13.6.